The molecule has 1 fully saturated rings. The Kier molecular flexibility index (Phi) is 4.70. The van der Waals surface area contributed by atoms with E-state index in [1.807, 2.05) is 0 Å². The first-order valence-electron chi connectivity index (χ1n) is 6.42. The van der Waals surface area contributed by atoms with Gasteiger partial charge in [0.15, 0.2) is 5.75 Å². The van der Waals surface area contributed by atoms with Gasteiger partial charge in [-0.1, -0.05) is 6.07 Å². The zero-order valence-corrected chi connectivity index (χ0v) is 10.7. The molecule has 1 saturated heterocycles. The predicted octanol–water partition coefficient (Wildman–Crippen LogP) is 2.00. The summed E-state index contributed by atoms with van der Waals surface area (Å²) in [6, 6.07) is 4.81. The van der Waals surface area contributed by atoms with E-state index in [4.69, 9.17) is 15.2 Å². The summed E-state index contributed by atoms with van der Waals surface area (Å²) in [6.07, 6.45) is 3.10. The molecule has 19 heavy (non-hydrogen) atoms. The molecule has 0 aromatic heterocycles. The predicted molar refractivity (Wildman–Crippen MR) is 70.1 cm³/mol. The van der Waals surface area contributed by atoms with Crippen molar-refractivity contribution in [1.29, 1.82) is 0 Å². The summed E-state index contributed by atoms with van der Waals surface area (Å²) in [5.41, 5.74) is 6.16. The van der Waals surface area contributed by atoms with Gasteiger partial charge in [-0.25, -0.2) is 0 Å². The lowest BCUT2D eigenvalue weighted by molar-refractivity contribution is -0.385. The van der Waals surface area contributed by atoms with Crippen LogP contribution in [0.15, 0.2) is 18.2 Å². The first-order chi connectivity index (χ1) is 9.20. The van der Waals surface area contributed by atoms with Crippen molar-refractivity contribution in [1.82, 2.24) is 0 Å². The maximum atomic E-state index is 11.0. The van der Waals surface area contributed by atoms with Gasteiger partial charge in [-0.15, -0.1) is 0 Å². The first-order valence-corrected chi connectivity index (χ1v) is 6.42. The minimum absolute atomic E-state index is 0.0321. The quantitative estimate of drug-likeness (QED) is 0.628. The van der Waals surface area contributed by atoms with E-state index in [0.29, 0.717) is 12.4 Å². The van der Waals surface area contributed by atoms with Crippen molar-refractivity contribution in [2.45, 2.75) is 31.9 Å². The van der Waals surface area contributed by atoms with Crippen molar-refractivity contribution in [3.8, 4) is 5.75 Å². The van der Waals surface area contributed by atoms with Crippen LogP contribution < -0.4 is 10.5 Å². The first kappa shape index (κ1) is 13.8. The van der Waals surface area contributed by atoms with Gasteiger partial charge < -0.3 is 15.2 Å². The average Bonchev–Trinajstić information content (AvgIpc) is 2.92. The zero-order chi connectivity index (χ0) is 13.7. The summed E-state index contributed by atoms with van der Waals surface area (Å²) in [7, 11) is 0. The topological polar surface area (TPSA) is 87.6 Å². The van der Waals surface area contributed by atoms with Crippen LogP contribution in [0.4, 0.5) is 5.69 Å². The molecule has 1 aliphatic heterocycles. The summed E-state index contributed by atoms with van der Waals surface area (Å²) in [5.74, 6) is 0.292. The van der Waals surface area contributed by atoms with Crippen LogP contribution in [0.3, 0.4) is 0 Å². The Morgan fingerprint density at radius 3 is 3.00 bits per heavy atom. The van der Waals surface area contributed by atoms with Gasteiger partial charge in [0, 0.05) is 25.6 Å². The molecule has 1 unspecified atom stereocenters. The summed E-state index contributed by atoms with van der Waals surface area (Å²) in [6.45, 7) is 1.50. The van der Waals surface area contributed by atoms with Crippen LogP contribution in [0.1, 0.15) is 24.8 Å². The van der Waals surface area contributed by atoms with Crippen LogP contribution in [0, 0.1) is 10.1 Å². The molecular weight excluding hydrogens is 248 g/mol. The summed E-state index contributed by atoms with van der Waals surface area (Å²) >= 11 is 0. The summed E-state index contributed by atoms with van der Waals surface area (Å²) in [5, 5.41) is 11.0. The SMILES string of the molecule is NCc1ccc(OCCC2CCCO2)c([N+](=O)[O-])c1. The Morgan fingerprint density at radius 1 is 1.53 bits per heavy atom. The molecule has 1 atom stereocenters. The van der Waals surface area contributed by atoms with Gasteiger partial charge in [-0.3, -0.25) is 10.1 Å². The average molecular weight is 266 g/mol. The Bertz CT molecular complexity index is 444. The molecule has 0 saturated carbocycles. The lowest BCUT2D eigenvalue weighted by Crippen LogP contribution is -2.11. The Morgan fingerprint density at radius 2 is 2.37 bits per heavy atom. The number of rotatable bonds is 6. The van der Waals surface area contributed by atoms with Crippen LogP contribution in [-0.2, 0) is 11.3 Å². The number of ether oxygens (including phenoxy) is 2. The highest BCUT2D eigenvalue weighted by Gasteiger charge is 2.18. The van der Waals surface area contributed by atoms with E-state index in [0.717, 1.165) is 31.4 Å². The van der Waals surface area contributed by atoms with Gasteiger partial charge in [0.25, 0.3) is 0 Å². The van der Waals surface area contributed by atoms with E-state index in [9.17, 15) is 10.1 Å². The summed E-state index contributed by atoms with van der Waals surface area (Å²) < 4.78 is 11.0. The molecule has 0 bridgehead atoms. The van der Waals surface area contributed by atoms with Crippen LogP contribution in [0.2, 0.25) is 0 Å². The molecule has 2 rings (SSSR count). The largest absolute Gasteiger partial charge is 0.487 e. The van der Waals surface area contributed by atoms with E-state index in [-0.39, 0.29) is 18.3 Å². The fourth-order valence-electron chi connectivity index (χ4n) is 2.13. The Labute approximate surface area is 111 Å². The third-order valence-corrected chi connectivity index (χ3v) is 3.18. The van der Waals surface area contributed by atoms with Gasteiger partial charge in [0.2, 0.25) is 0 Å². The standard InChI is InChI=1S/C13H18N2O4/c14-9-10-3-4-13(12(8-10)15(16)17)19-7-5-11-2-1-6-18-11/h3-4,8,11H,1-2,5-7,9,14H2. The van der Waals surface area contributed by atoms with Crippen LogP contribution in [0.25, 0.3) is 0 Å². The van der Waals surface area contributed by atoms with Crippen LogP contribution >= 0.6 is 0 Å². The molecular formula is C13H18N2O4. The second-order valence-electron chi connectivity index (χ2n) is 4.54. The van der Waals surface area contributed by atoms with E-state index in [1.54, 1.807) is 12.1 Å². The molecule has 2 N–H and O–H groups in total. The van der Waals surface area contributed by atoms with E-state index in [1.165, 1.54) is 6.07 Å². The smallest absolute Gasteiger partial charge is 0.311 e. The van der Waals surface area contributed by atoms with Crippen molar-refractivity contribution in [2.75, 3.05) is 13.2 Å². The molecule has 1 heterocycles. The number of nitrogens with zero attached hydrogens (tertiary/aromatic N) is 1. The molecule has 0 amide bonds. The fourth-order valence-corrected chi connectivity index (χ4v) is 2.13. The monoisotopic (exact) mass is 266 g/mol. The number of benzene rings is 1. The lowest BCUT2D eigenvalue weighted by atomic mass is 10.2. The highest BCUT2D eigenvalue weighted by atomic mass is 16.6. The number of nitrogens with two attached hydrogens (primary N) is 1. The third kappa shape index (κ3) is 3.65. The van der Waals surface area contributed by atoms with Crippen LogP contribution in [-0.4, -0.2) is 24.2 Å². The van der Waals surface area contributed by atoms with Crippen molar-refractivity contribution >= 4 is 5.69 Å². The molecule has 6 nitrogen and oxygen atoms in total. The maximum Gasteiger partial charge on any atom is 0.311 e. The Hall–Kier alpha value is -1.66. The second kappa shape index (κ2) is 6.49. The highest BCUT2D eigenvalue weighted by Crippen LogP contribution is 2.28. The molecule has 104 valence electrons. The summed E-state index contributed by atoms with van der Waals surface area (Å²) in [4.78, 5) is 10.5. The normalized spacial score (nSPS) is 18.5. The van der Waals surface area contributed by atoms with Crippen molar-refractivity contribution in [2.24, 2.45) is 5.73 Å². The number of hydrogen-bond acceptors (Lipinski definition) is 5. The maximum absolute atomic E-state index is 11.0. The number of nitro benzene ring substituents is 1. The molecule has 0 spiro atoms. The Balaban J connectivity index is 1.96. The highest BCUT2D eigenvalue weighted by molar-refractivity contribution is 5.48. The molecule has 1 aliphatic rings. The third-order valence-electron chi connectivity index (χ3n) is 3.18. The number of nitro groups is 1. The molecule has 0 radical (unpaired) electrons. The van der Waals surface area contributed by atoms with Crippen LogP contribution in [0.5, 0.6) is 5.75 Å². The van der Waals surface area contributed by atoms with Gasteiger partial charge in [-0.05, 0) is 24.5 Å². The second-order valence-corrected chi connectivity index (χ2v) is 4.54. The molecule has 0 aliphatic carbocycles. The van der Waals surface area contributed by atoms with Crippen molar-refractivity contribution < 1.29 is 14.4 Å². The van der Waals surface area contributed by atoms with Gasteiger partial charge in [-0.2, -0.15) is 0 Å². The minimum atomic E-state index is -0.444. The van der Waals surface area contributed by atoms with E-state index >= 15 is 0 Å². The van der Waals surface area contributed by atoms with Gasteiger partial charge >= 0.3 is 5.69 Å². The van der Waals surface area contributed by atoms with E-state index < -0.39 is 4.92 Å². The number of hydrogen-bond donors (Lipinski definition) is 1. The van der Waals surface area contributed by atoms with Gasteiger partial charge in [0.05, 0.1) is 17.6 Å². The molecule has 6 heteroatoms. The zero-order valence-electron chi connectivity index (χ0n) is 10.7. The fraction of sp³-hybridized carbons (Fsp3) is 0.538. The minimum Gasteiger partial charge on any atom is -0.487 e. The van der Waals surface area contributed by atoms with Crippen molar-refractivity contribution in [3.63, 3.8) is 0 Å². The molecule has 1 aromatic rings. The van der Waals surface area contributed by atoms with Crippen molar-refractivity contribution in [3.05, 3.63) is 33.9 Å². The molecule has 1 aromatic carbocycles. The van der Waals surface area contributed by atoms with E-state index in [2.05, 4.69) is 0 Å². The lowest BCUT2D eigenvalue weighted by Gasteiger charge is -2.11. The van der Waals surface area contributed by atoms with Gasteiger partial charge in [0.1, 0.15) is 0 Å².